The number of hydrogen-bond donors (Lipinski definition) is 0. The third-order valence-corrected chi connectivity index (χ3v) is 5.16. The minimum Gasteiger partial charge on any atom is -0.376 e. The highest BCUT2D eigenvalue weighted by Gasteiger charge is 2.28. The lowest BCUT2D eigenvalue weighted by Crippen LogP contribution is -2.37. The van der Waals surface area contributed by atoms with Crippen molar-refractivity contribution >= 4 is 22.8 Å². The fourth-order valence-corrected chi connectivity index (χ4v) is 3.56. The predicted molar refractivity (Wildman–Crippen MR) is 101 cm³/mol. The molecule has 0 radical (unpaired) electrons. The van der Waals surface area contributed by atoms with Gasteiger partial charge >= 0.3 is 0 Å². The Hall–Kier alpha value is -2.13. The van der Waals surface area contributed by atoms with E-state index < -0.39 is 0 Å². The van der Waals surface area contributed by atoms with Crippen molar-refractivity contribution in [2.24, 2.45) is 5.92 Å². The quantitative estimate of drug-likeness (QED) is 0.738. The van der Waals surface area contributed by atoms with Crippen LogP contribution in [0.25, 0.3) is 16.8 Å². The number of hydrogen-bond acceptors (Lipinski definition) is 2. The monoisotopic (exact) mass is 335 g/mol. The maximum atomic E-state index is 12.8. The third kappa shape index (κ3) is 4.10. The molecule has 25 heavy (non-hydrogen) atoms. The number of carbonyl (C=O) groups excluding carboxylic acids is 1. The van der Waals surface area contributed by atoms with E-state index in [0.717, 1.165) is 38.1 Å². The normalized spacial score (nSPS) is 20.4. The second-order valence-electron chi connectivity index (χ2n) is 7.22. The minimum absolute atomic E-state index is 0.107. The third-order valence-electron chi connectivity index (χ3n) is 5.16. The van der Waals surface area contributed by atoms with Crippen LogP contribution in [0.4, 0.5) is 0 Å². The number of ether oxygens (including phenoxy) is 1. The topological polar surface area (TPSA) is 29.5 Å². The zero-order valence-corrected chi connectivity index (χ0v) is 14.6. The smallest absolute Gasteiger partial charge is 0.246 e. The molecule has 1 aliphatic carbocycles. The fourth-order valence-electron chi connectivity index (χ4n) is 3.56. The van der Waals surface area contributed by atoms with E-state index in [9.17, 15) is 4.79 Å². The maximum absolute atomic E-state index is 12.8. The van der Waals surface area contributed by atoms with Crippen LogP contribution in [0.15, 0.2) is 48.5 Å². The Bertz CT molecular complexity index is 767. The number of carbonyl (C=O) groups is 1. The van der Waals surface area contributed by atoms with E-state index in [2.05, 4.69) is 24.3 Å². The second-order valence-corrected chi connectivity index (χ2v) is 7.22. The highest BCUT2D eigenvalue weighted by Crippen LogP contribution is 2.30. The van der Waals surface area contributed by atoms with Crippen molar-refractivity contribution in [1.29, 1.82) is 0 Å². The molecular formula is C22H25NO2. The molecule has 1 saturated carbocycles. The summed E-state index contributed by atoms with van der Waals surface area (Å²) in [4.78, 5) is 14.8. The second kappa shape index (κ2) is 7.40. The highest BCUT2D eigenvalue weighted by atomic mass is 16.5. The van der Waals surface area contributed by atoms with E-state index in [4.69, 9.17) is 4.74 Å². The molecule has 2 aliphatic rings. The van der Waals surface area contributed by atoms with Gasteiger partial charge in [0, 0.05) is 25.8 Å². The summed E-state index contributed by atoms with van der Waals surface area (Å²) >= 11 is 0. The Morgan fingerprint density at radius 2 is 1.92 bits per heavy atom. The molecule has 3 heteroatoms. The first kappa shape index (κ1) is 16.3. The van der Waals surface area contributed by atoms with Crippen molar-refractivity contribution in [2.75, 3.05) is 19.7 Å². The van der Waals surface area contributed by atoms with Gasteiger partial charge in [0.2, 0.25) is 5.91 Å². The Morgan fingerprint density at radius 3 is 2.72 bits per heavy atom. The van der Waals surface area contributed by atoms with E-state index in [0.29, 0.717) is 5.92 Å². The van der Waals surface area contributed by atoms with Crippen molar-refractivity contribution < 1.29 is 9.53 Å². The van der Waals surface area contributed by atoms with Gasteiger partial charge in [0.05, 0.1) is 6.10 Å². The van der Waals surface area contributed by atoms with Crippen molar-refractivity contribution in [3.05, 3.63) is 54.1 Å². The van der Waals surface area contributed by atoms with Crippen molar-refractivity contribution in [1.82, 2.24) is 4.90 Å². The van der Waals surface area contributed by atoms with E-state index in [1.54, 1.807) is 6.08 Å². The van der Waals surface area contributed by atoms with E-state index in [1.165, 1.54) is 23.6 Å². The van der Waals surface area contributed by atoms with Crippen molar-refractivity contribution in [3.63, 3.8) is 0 Å². The summed E-state index contributed by atoms with van der Waals surface area (Å²) in [5.74, 6) is 0.798. The number of nitrogens with zero attached hydrogens (tertiary/aromatic N) is 1. The first-order valence-electron chi connectivity index (χ1n) is 9.36. The lowest BCUT2D eigenvalue weighted by molar-refractivity contribution is -0.127. The average Bonchev–Trinajstić information content (AvgIpc) is 3.31. The molecule has 1 amide bonds. The molecule has 2 aromatic rings. The van der Waals surface area contributed by atoms with Gasteiger partial charge in [-0.3, -0.25) is 4.79 Å². The van der Waals surface area contributed by atoms with Crippen LogP contribution in [0.5, 0.6) is 0 Å². The van der Waals surface area contributed by atoms with Crippen LogP contribution in [-0.2, 0) is 9.53 Å². The van der Waals surface area contributed by atoms with Gasteiger partial charge in [0.1, 0.15) is 0 Å². The summed E-state index contributed by atoms with van der Waals surface area (Å²) in [6.45, 7) is 2.44. The van der Waals surface area contributed by atoms with Gasteiger partial charge < -0.3 is 9.64 Å². The first-order chi connectivity index (χ1) is 12.3. The molecular weight excluding hydrogens is 310 g/mol. The molecule has 1 unspecified atom stereocenters. The Balaban J connectivity index is 1.49. The maximum Gasteiger partial charge on any atom is 0.246 e. The van der Waals surface area contributed by atoms with Crippen LogP contribution in [0.3, 0.4) is 0 Å². The molecule has 130 valence electrons. The fraction of sp³-hybridized carbons (Fsp3) is 0.409. The van der Waals surface area contributed by atoms with Gasteiger partial charge in [0.15, 0.2) is 0 Å². The summed E-state index contributed by atoms with van der Waals surface area (Å²) < 4.78 is 5.74. The van der Waals surface area contributed by atoms with Crippen LogP contribution in [0.2, 0.25) is 0 Å². The van der Waals surface area contributed by atoms with Crippen molar-refractivity contribution in [2.45, 2.75) is 31.8 Å². The Morgan fingerprint density at radius 1 is 1.08 bits per heavy atom. The summed E-state index contributed by atoms with van der Waals surface area (Å²) in [6.07, 6.45) is 8.60. The SMILES string of the molecule is O=C(C=Cc1cccc2ccccc12)N(CC1CC1)CC1CCCO1. The Kier molecular flexibility index (Phi) is 4.84. The Labute approximate surface area is 149 Å². The van der Waals surface area contributed by atoms with Gasteiger partial charge in [-0.25, -0.2) is 0 Å². The zero-order valence-electron chi connectivity index (χ0n) is 14.6. The number of fused-ring (bicyclic) bond motifs is 1. The lowest BCUT2D eigenvalue weighted by atomic mass is 10.0. The largest absolute Gasteiger partial charge is 0.376 e. The summed E-state index contributed by atoms with van der Waals surface area (Å²) in [7, 11) is 0. The predicted octanol–water partition coefficient (Wildman–Crippen LogP) is 4.27. The first-order valence-corrected chi connectivity index (χ1v) is 9.36. The standard InChI is InChI=1S/C22H25NO2/c24-22(23(15-17-10-11-17)16-20-8-4-14-25-20)13-12-19-7-3-6-18-5-1-2-9-21(18)19/h1-3,5-7,9,12-13,17,20H,4,8,10-11,14-16H2. The van der Waals surface area contributed by atoms with Gasteiger partial charge in [-0.05, 0) is 54.0 Å². The van der Waals surface area contributed by atoms with Crippen molar-refractivity contribution in [3.8, 4) is 0 Å². The van der Waals surface area contributed by atoms with Crippen LogP contribution in [0.1, 0.15) is 31.2 Å². The van der Waals surface area contributed by atoms with E-state index in [-0.39, 0.29) is 12.0 Å². The summed E-state index contributed by atoms with van der Waals surface area (Å²) in [5.41, 5.74) is 1.09. The van der Waals surface area contributed by atoms with Gasteiger partial charge in [0.25, 0.3) is 0 Å². The molecule has 0 spiro atoms. The van der Waals surface area contributed by atoms with Crippen LogP contribution in [0, 0.1) is 5.92 Å². The molecule has 0 bridgehead atoms. The van der Waals surface area contributed by atoms with Crippen LogP contribution in [-0.4, -0.2) is 36.6 Å². The van der Waals surface area contributed by atoms with Gasteiger partial charge in [-0.2, -0.15) is 0 Å². The molecule has 0 N–H and O–H groups in total. The number of amides is 1. The van der Waals surface area contributed by atoms with Gasteiger partial charge in [-0.1, -0.05) is 42.5 Å². The molecule has 0 aromatic heterocycles. The van der Waals surface area contributed by atoms with E-state index in [1.807, 2.05) is 29.2 Å². The van der Waals surface area contributed by atoms with Gasteiger partial charge in [-0.15, -0.1) is 0 Å². The number of rotatable bonds is 6. The number of benzene rings is 2. The zero-order chi connectivity index (χ0) is 17.1. The molecule has 1 aliphatic heterocycles. The highest BCUT2D eigenvalue weighted by molar-refractivity contribution is 5.96. The minimum atomic E-state index is 0.107. The molecule has 2 fully saturated rings. The molecule has 4 rings (SSSR count). The lowest BCUT2D eigenvalue weighted by Gasteiger charge is -2.24. The van der Waals surface area contributed by atoms with E-state index >= 15 is 0 Å². The molecule has 1 atom stereocenters. The molecule has 1 saturated heterocycles. The molecule has 3 nitrogen and oxygen atoms in total. The van der Waals surface area contributed by atoms with Crippen LogP contribution < -0.4 is 0 Å². The summed E-state index contributed by atoms with van der Waals surface area (Å²) in [5, 5.41) is 2.38. The van der Waals surface area contributed by atoms with Crippen LogP contribution >= 0.6 is 0 Å². The average molecular weight is 335 g/mol. The summed E-state index contributed by atoms with van der Waals surface area (Å²) in [6, 6.07) is 14.5. The molecule has 1 heterocycles. The molecule has 2 aromatic carbocycles.